The molecule has 1 aromatic carbocycles. The van der Waals surface area contributed by atoms with Crippen LogP contribution in [0, 0.1) is 0 Å². The van der Waals surface area contributed by atoms with Crippen molar-refractivity contribution in [3.8, 4) is 0 Å². The molecule has 0 spiro atoms. The lowest BCUT2D eigenvalue weighted by atomic mass is 10.1. The van der Waals surface area contributed by atoms with E-state index in [1.165, 1.54) is 5.56 Å². The molecule has 1 aromatic heterocycles. The van der Waals surface area contributed by atoms with Crippen molar-refractivity contribution >= 4 is 6.03 Å². The van der Waals surface area contributed by atoms with Gasteiger partial charge in [-0.1, -0.05) is 30.3 Å². The number of aromatic nitrogens is 2. The number of aliphatic hydroxyl groups is 1. The zero-order valence-corrected chi connectivity index (χ0v) is 13.9. The predicted molar refractivity (Wildman–Crippen MR) is 91.5 cm³/mol. The Morgan fingerprint density at radius 2 is 2.21 bits per heavy atom. The van der Waals surface area contributed by atoms with Crippen molar-refractivity contribution in [3.05, 3.63) is 53.9 Å². The molecule has 2 aromatic rings. The van der Waals surface area contributed by atoms with Crippen molar-refractivity contribution in [2.24, 2.45) is 0 Å². The first kappa shape index (κ1) is 16.5. The lowest BCUT2D eigenvalue weighted by molar-refractivity contribution is 0.0835. The topological polar surface area (TPSA) is 70.4 Å². The third-order valence-corrected chi connectivity index (χ3v) is 4.36. The van der Waals surface area contributed by atoms with Crippen molar-refractivity contribution in [2.75, 3.05) is 13.1 Å². The van der Waals surface area contributed by atoms with Crippen LogP contribution < -0.4 is 5.32 Å². The summed E-state index contributed by atoms with van der Waals surface area (Å²) in [6, 6.07) is 9.89. The zero-order chi connectivity index (χ0) is 16.9. The number of likely N-dealkylation sites (tertiary alicyclic amines) is 1. The Morgan fingerprint density at radius 3 is 2.96 bits per heavy atom. The molecule has 3 rings (SSSR count). The van der Waals surface area contributed by atoms with Gasteiger partial charge in [-0.3, -0.25) is 4.68 Å². The highest BCUT2D eigenvalue weighted by Crippen LogP contribution is 2.15. The Kier molecular flexibility index (Phi) is 5.15. The van der Waals surface area contributed by atoms with Gasteiger partial charge in [0.25, 0.3) is 0 Å². The highest BCUT2D eigenvalue weighted by molar-refractivity contribution is 5.74. The number of carbonyl (C=O) groups excluding carboxylic acids is 1. The third-order valence-electron chi connectivity index (χ3n) is 4.36. The van der Waals surface area contributed by atoms with Crippen molar-refractivity contribution in [2.45, 2.75) is 38.5 Å². The number of urea groups is 1. The van der Waals surface area contributed by atoms with Gasteiger partial charge in [-0.25, -0.2) is 4.79 Å². The fraction of sp³-hybridized carbons (Fsp3) is 0.444. The van der Waals surface area contributed by atoms with Crippen LogP contribution in [0.1, 0.15) is 36.9 Å². The van der Waals surface area contributed by atoms with E-state index < -0.39 is 6.10 Å². The second-order valence-electron chi connectivity index (χ2n) is 6.37. The molecule has 0 saturated carbocycles. The monoisotopic (exact) mass is 328 g/mol. The summed E-state index contributed by atoms with van der Waals surface area (Å²) in [6.45, 7) is 3.76. The van der Waals surface area contributed by atoms with E-state index in [9.17, 15) is 9.90 Å². The minimum Gasteiger partial charge on any atom is -0.391 e. The second kappa shape index (κ2) is 7.49. The van der Waals surface area contributed by atoms with E-state index in [0.29, 0.717) is 19.6 Å². The first-order valence-electron chi connectivity index (χ1n) is 8.41. The summed E-state index contributed by atoms with van der Waals surface area (Å²) in [5.41, 5.74) is 2.16. The van der Waals surface area contributed by atoms with Crippen molar-refractivity contribution in [1.29, 1.82) is 0 Å². The minimum absolute atomic E-state index is 0.124. The van der Waals surface area contributed by atoms with E-state index in [2.05, 4.69) is 22.5 Å². The molecule has 6 nitrogen and oxygen atoms in total. The summed E-state index contributed by atoms with van der Waals surface area (Å²) in [6.07, 6.45) is 4.96. The number of β-amino-alcohol motifs (C(OH)–C–C–N with tert-alkyl or cyclic N) is 1. The molecule has 1 fully saturated rings. The lowest BCUT2D eigenvalue weighted by Crippen LogP contribution is -2.47. The number of amides is 2. The number of piperidine rings is 1. The average molecular weight is 328 g/mol. The van der Waals surface area contributed by atoms with Crippen molar-refractivity contribution < 1.29 is 9.90 Å². The van der Waals surface area contributed by atoms with Crippen molar-refractivity contribution in [3.63, 3.8) is 0 Å². The maximum Gasteiger partial charge on any atom is 0.317 e. The summed E-state index contributed by atoms with van der Waals surface area (Å²) < 4.78 is 1.87. The summed E-state index contributed by atoms with van der Waals surface area (Å²) in [5, 5.41) is 17.1. The number of carbonyl (C=O) groups is 1. The SMILES string of the molecule is CC(NC(=O)N1CCCC(O)C1)c1cnn(Cc2ccccc2)c1. The Hall–Kier alpha value is -2.34. The number of hydrogen-bond donors (Lipinski definition) is 2. The summed E-state index contributed by atoms with van der Waals surface area (Å²) in [4.78, 5) is 14.0. The van der Waals surface area contributed by atoms with E-state index in [1.54, 1.807) is 11.1 Å². The van der Waals surface area contributed by atoms with E-state index in [1.807, 2.05) is 36.0 Å². The van der Waals surface area contributed by atoms with Gasteiger partial charge in [0.05, 0.1) is 24.9 Å². The molecule has 24 heavy (non-hydrogen) atoms. The van der Waals surface area contributed by atoms with E-state index in [4.69, 9.17) is 0 Å². The summed E-state index contributed by atoms with van der Waals surface area (Å²) in [7, 11) is 0. The maximum absolute atomic E-state index is 12.3. The highest BCUT2D eigenvalue weighted by atomic mass is 16.3. The quantitative estimate of drug-likeness (QED) is 0.903. The van der Waals surface area contributed by atoms with Gasteiger partial charge in [0.15, 0.2) is 0 Å². The van der Waals surface area contributed by atoms with Gasteiger partial charge in [0.2, 0.25) is 0 Å². The lowest BCUT2D eigenvalue weighted by Gasteiger charge is -2.31. The van der Waals surface area contributed by atoms with Crippen LogP contribution in [0.15, 0.2) is 42.7 Å². The van der Waals surface area contributed by atoms with Crippen molar-refractivity contribution in [1.82, 2.24) is 20.0 Å². The number of nitrogens with zero attached hydrogens (tertiary/aromatic N) is 3. The summed E-state index contributed by atoms with van der Waals surface area (Å²) >= 11 is 0. The third kappa shape index (κ3) is 4.14. The molecule has 1 saturated heterocycles. The Labute approximate surface area is 142 Å². The van der Waals surface area contributed by atoms with Crippen LogP contribution in [0.4, 0.5) is 4.79 Å². The van der Waals surface area contributed by atoms with Gasteiger partial charge in [0.1, 0.15) is 0 Å². The molecular weight excluding hydrogens is 304 g/mol. The molecule has 0 radical (unpaired) electrons. The minimum atomic E-state index is -0.409. The maximum atomic E-state index is 12.3. The van der Waals surface area contributed by atoms with Gasteiger partial charge in [-0.2, -0.15) is 5.10 Å². The number of benzene rings is 1. The fourth-order valence-electron chi connectivity index (χ4n) is 2.96. The van der Waals surface area contributed by atoms with E-state index in [-0.39, 0.29) is 12.1 Å². The normalized spacial score (nSPS) is 19.1. The van der Waals surface area contributed by atoms with Gasteiger partial charge in [-0.15, -0.1) is 0 Å². The molecule has 2 heterocycles. The van der Waals surface area contributed by atoms with Gasteiger partial charge in [0, 0.05) is 24.8 Å². The van der Waals surface area contributed by atoms with Crippen LogP contribution >= 0.6 is 0 Å². The zero-order valence-electron chi connectivity index (χ0n) is 13.9. The van der Waals surface area contributed by atoms with E-state index in [0.717, 1.165) is 18.4 Å². The number of aliphatic hydroxyl groups excluding tert-OH is 1. The Morgan fingerprint density at radius 1 is 1.42 bits per heavy atom. The molecule has 2 amide bonds. The predicted octanol–water partition coefficient (Wildman–Crippen LogP) is 2.16. The fourth-order valence-corrected chi connectivity index (χ4v) is 2.96. The van der Waals surface area contributed by atoms with Gasteiger partial charge < -0.3 is 15.3 Å². The van der Waals surface area contributed by atoms with Crippen LogP contribution in [0.5, 0.6) is 0 Å². The van der Waals surface area contributed by atoms with Crippen LogP contribution in [0.25, 0.3) is 0 Å². The molecule has 0 aliphatic carbocycles. The molecule has 2 N–H and O–H groups in total. The molecule has 1 aliphatic heterocycles. The smallest absolute Gasteiger partial charge is 0.317 e. The molecule has 2 unspecified atom stereocenters. The van der Waals surface area contributed by atoms with Crippen LogP contribution in [0.2, 0.25) is 0 Å². The molecular formula is C18H24N4O2. The number of hydrogen-bond acceptors (Lipinski definition) is 3. The van der Waals surface area contributed by atoms with Crippen LogP contribution in [-0.2, 0) is 6.54 Å². The Balaban J connectivity index is 1.57. The number of rotatable bonds is 4. The van der Waals surface area contributed by atoms with E-state index >= 15 is 0 Å². The second-order valence-corrected chi connectivity index (χ2v) is 6.37. The molecule has 128 valence electrons. The van der Waals surface area contributed by atoms with Crippen LogP contribution in [-0.4, -0.2) is 45.0 Å². The van der Waals surface area contributed by atoms with Gasteiger partial charge in [-0.05, 0) is 25.3 Å². The molecule has 1 aliphatic rings. The first-order chi connectivity index (χ1) is 11.6. The average Bonchev–Trinajstić information content (AvgIpc) is 3.04. The standard InChI is InChI=1S/C18H24N4O2/c1-14(20-18(24)21-9-5-8-17(23)13-21)16-10-19-22(12-16)11-15-6-3-2-4-7-15/h2-4,6-7,10,12,14,17,23H,5,8-9,11,13H2,1H3,(H,20,24). The molecule has 2 atom stereocenters. The molecule has 6 heteroatoms. The Bertz CT molecular complexity index is 671. The largest absolute Gasteiger partial charge is 0.391 e. The first-order valence-corrected chi connectivity index (χ1v) is 8.41. The summed E-state index contributed by atoms with van der Waals surface area (Å²) in [5.74, 6) is 0. The van der Waals surface area contributed by atoms with Crippen LogP contribution in [0.3, 0.4) is 0 Å². The number of nitrogens with one attached hydrogen (secondary N) is 1. The van der Waals surface area contributed by atoms with Gasteiger partial charge >= 0.3 is 6.03 Å². The highest BCUT2D eigenvalue weighted by Gasteiger charge is 2.23. The molecule has 0 bridgehead atoms.